The molecule has 3 nitrogen and oxygen atoms in total. The molecule has 108 valence electrons. The Labute approximate surface area is 118 Å². The van der Waals surface area contributed by atoms with Crippen molar-refractivity contribution >= 4 is 0 Å². The third-order valence-corrected chi connectivity index (χ3v) is 2.87. The Balaban J connectivity index is 2.27. The molecule has 0 aliphatic heterocycles. The van der Waals surface area contributed by atoms with Gasteiger partial charge in [0.1, 0.15) is 0 Å². The molecule has 0 fully saturated rings. The quantitative estimate of drug-likeness (QED) is 0.694. The molecule has 0 radical (unpaired) electrons. The highest BCUT2D eigenvalue weighted by molar-refractivity contribution is 5.22. The van der Waals surface area contributed by atoms with Gasteiger partial charge in [-0.3, -0.25) is 0 Å². The van der Waals surface area contributed by atoms with Crippen LogP contribution in [0.3, 0.4) is 0 Å². The first-order chi connectivity index (χ1) is 9.08. The molecule has 0 saturated carbocycles. The zero-order valence-electron chi connectivity index (χ0n) is 12.8. The fourth-order valence-corrected chi connectivity index (χ4v) is 1.82. The monoisotopic (exact) mass is 264 g/mol. The Morgan fingerprint density at radius 2 is 1.95 bits per heavy atom. The summed E-state index contributed by atoms with van der Waals surface area (Å²) in [6, 6.07) is 9.14. The van der Waals surface area contributed by atoms with Gasteiger partial charge in [0.2, 0.25) is 0 Å². The largest absolute Gasteiger partial charge is 0.377 e. The molecule has 0 aliphatic carbocycles. The highest BCUT2D eigenvalue weighted by Crippen LogP contribution is 2.07. The molecule has 19 heavy (non-hydrogen) atoms. The first kappa shape index (κ1) is 16.2. The van der Waals surface area contributed by atoms with Crippen LogP contribution in [0.1, 0.15) is 31.4 Å². The molecule has 0 spiro atoms. The fourth-order valence-electron chi connectivity index (χ4n) is 1.82. The van der Waals surface area contributed by atoms with Crippen LogP contribution in [-0.4, -0.2) is 38.2 Å². The van der Waals surface area contributed by atoms with Gasteiger partial charge in [0.15, 0.2) is 0 Å². The summed E-state index contributed by atoms with van der Waals surface area (Å²) in [6.45, 7) is 7.87. The lowest BCUT2D eigenvalue weighted by molar-refractivity contribution is 0.113. The van der Waals surface area contributed by atoms with Crippen LogP contribution in [0.4, 0.5) is 0 Å². The summed E-state index contributed by atoms with van der Waals surface area (Å²) >= 11 is 0. The summed E-state index contributed by atoms with van der Waals surface area (Å²) in [6.07, 6.45) is 1.08. The van der Waals surface area contributed by atoms with Crippen molar-refractivity contribution in [2.24, 2.45) is 0 Å². The lowest BCUT2D eigenvalue weighted by atomic mass is 10.1. The van der Waals surface area contributed by atoms with Gasteiger partial charge in [-0.1, -0.05) is 38.1 Å². The van der Waals surface area contributed by atoms with Crippen LogP contribution in [0.5, 0.6) is 0 Å². The number of nitrogens with zero attached hydrogens (tertiary/aromatic N) is 1. The maximum absolute atomic E-state index is 5.70. The number of hydrogen-bond donors (Lipinski definition) is 1. The second-order valence-electron chi connectivity index (χ2n) is 5.56. The predicted octanol–water partition coefficient (Wildman–Crippen LogP) is 2.65. The first-order valence-electron chi connectivity index (χ1n) is 7.11. The zero-order chi connectivity index (χ0) is 14.1. The van der Waals surface area contributed by atoms with Crippen LogP contribution in [0, 0.1) is 0 Å². The number of rotatable bonds is 9. The van der Waals surface area contributed by atoms with Gasteiger partial charge in [0.05, 0.1) is 6.61 Å². The van der Waals surface area contributed by atoms with Crippen LogP contribution >= 0.6 is 0 Å². The minimum absolute atomic E-state index is 0.519. The molecule has 1 rings (SSSR count). The van der Waals surface area contributed by atoms with E-state index in [4.69, 9.17) is 4.74 Å². The van der Waals surface area contributed by atoms with Gasteiger partial charge in [0, 0.05) is 19.2 Å². The summed E-state index contributed by atoms with van der Waals surface area (Å²) in [5.74, 6) is 0. The van der Waals surface area contributed by atoms with Crippen LogP contribution in [0.15, 0.2) is 24.3 Å². The normalized spacial score (nSPS) is 11.5. The second kappa shape index (κ2) is 9.08. The van der Waals surface area contributed by atoms with Crippen LogP contribution < -0.4 is 5.32 Å². The summed E-state index contributed by atoms with van der Waals surface area (Å²) in [4.78, 5) is 2.18. The molecule has 0 saturated heterocycles. The third kappa shape index (κ3) is 7.98. The standard InChI is InChI=1S/C16H28N2O/c1-14(2)17-12-15-7-5-8-16(11-15)13-19-10-6-9-18(3)4/h5,7-8,11,14,17H,6,9-10,12-13H2,1-4H3. The molecule has 1 aromatic rings. The maximum atomic E-state index is 5.70. The average molecular weight is 264 g/mol. The van der Waals surface area contributed by atoms with E-state index in [1.807, 2.05) is 0 Å². The van der Waals surface area contributed by atoms with E-state index in [1.54, 1.807) is 0 Å². The van der Waals surface area contributed by atoms with Crippen LogP contribution in [0.25, 0.3) is 0 Å². The number of benzene rings is 1. The van der Waals surface area contributed by atoms with Gasteiger partial charge in [-0.2, -0.15) is 0 Å². The van der Waals surface area contributed by atoms with Gasteiger partial charge < -0.3 is 15.0 Å². The van der Waals surface area contributed by atoms with Crippen molar-refractivity contribution < 1.29 is 4.74 Å². The fraction of sp³-hybridized carbons (Fsp3) is 0.625. The van der Waals surface area contributed by atoms with Crippen molar-refractivity contribution in [2.45, 2.75) is 39.5 Å². The Kier molecular flexibility index (Phi) is 7.72. The van der Waals surface area contributed by atoms with E-state index in [2.05, 4.69) is 62.4 Å². The van der Waals surface area contributed by atoms with E-state index in [9.17, 15) is 0 Å². The summed E-state index contributed by atoms with van der Waals surface area (Å²) in [7, 11) is 4.18. The van der Waals surface area contributed by atoms with E-state index in [1.165, 1.54) is 11.1 Å². The topological polar surface area (TPSA) is 24.5 Å². The van der Waals surface area contributed by atoms with Crippen molar-refractivity contribution in [3.05, 3.63) is 35.4 Å². The molecule has 0 unspecified atom stereocenters. The Morgan fingerprint density at radius 3 is 2.63 bits per heavy atom. The highest BCUT2D eigenvalue weighted by Gasteiger charge is 1.98. The first-order valence-corrected chi connectivity index (χ1v) is 7.11. The predicted molar refractivity (Wildman–Crippen MR) is 81.2 cm³/mol. The molecule has 1 N–H and O–H groups in total. The summed E-state index contributed by atoms with van der Waals surface area (Å²) < 4.78 is 5.70. The lowest BCUT2D eigenvalue weighted by Gasteiger charge is -2.11. The van der Waals surface area contributed by atoms with E-state index in [0.29, 0.717) is 12.6 Å². The smallest absolute Gasteiger partial charge is 0.0716 e. The molecule has 3 heteroatoms. The van der Waals surface area contributed by atoms with Gasteiger partial charge >= 0.3 is 0 Å². The SMILES string of the molecule is CC(C)NCc1cccc(COCCCN(C)C)c1. The minimum Gasteiger partial charge on any atom is -0.377 e. The lowest BCUT2D eigenvalue weighted by Crippen LogP contribution is -2.21. The highest BCUT2D eigenvalue weighted by atomic mass is 16.5. The van der Waals surface area contributed by atoms with Gasteiger partial charge in [-0.05, 0) is 38.2 Å². The van der Waals surface area contributed by atoms with E-state index in [-0.39, 0.29) is 0 Å². The van der Waals surface area contributed by atoms with Crippen molar-refractivity contribution in [1.29, 1.82) is 0 Å². The van der Waals surface area contributed by atoms with Crippen molar-refractivity contribution in [3.63, 3.8) is 0 Å². The van der Waals surface area contributed by atoms with Gasteiger partial charge in [-0.15, -0.1) is 0 Å². The molecule has 0 aliphatic rings. The zero-order valence-corrected chi connectivity index (χ0v) is 12.8. The second-order valence-corrected chi connectivity index (χ2v) is 5.56. The molecular weight excluding hydrogens is 236 g/mol. The van der Waals surface area contributed by atoms with Crippen molar-refractivity contribution in [3.8, 4) is 0 Å². The molecule has 0 aromatic heterocycles. The van der Waals surface area contributed by atoms with Crippen molar-refractivity contribution in [2.75, 3.05) is 27.2 Å². The number of nitrogens with one attached hydrogen (secondary N) is 1. The number of hydrogen-bond acceptors (Lipinski definition) is 3. The molecule has 0 bridgehead atoms. The number of ether oxygens (including phenoxy) is 1. The van der Waals surface area contributed by atoms with E-state index in [0.717, 1.165) is 26.1 Å². The Hall–Kier alpha value is -0.900. The molecule has 0 heterocycles. The average Bonchev–Trinajstić information content (AvgIpc) is 2.36. The van der Waals surface area contributed by atoms with Gasteiger partial charge in [0.25, 0.3) is 0 Å². The van der Waals surface area contributed by atoms with E-state index >= 15 is 0 Å². The van der Waals surface area contributed by atoms with Gasteiger partial charge in [-0.25, -0.2) is 0 Å². The summed E-state index contributed by atoms with van der Waals surface area (Å²) in [5.41, 5.74) is 2.58. The molecule has 0 atom stereocenters. The van der Waals surface area contributed by atoms with Crippen molar-refractivity contribution in [1.82, 2.24) is 10.2 Å². The third-order valence-electron chi connectivity index (χ3n) is 2.87. The molecule has 1 aromatic carbocycles. The Bertz CT molecular complexity index is 350. The Morgan fingerprint density at radius 1 is 1.21 bits per heavy atom. The summed E-state index contributed by atoms with van der Waals surface area (Å²) in [5, 5.41) is 3.43. The maximum Gasteiger partial charge on any atom is 0.0716 e. The van der Waals surface area contributed by atoms with E-state index < -0.39 is 0 Å². The molecular formula is C16H28N2O. The minimum atomic E-state index is 0.519. The van der Waals surface area contributed by atoms with Crippen LogP contribution in [-0.2, 0) is 17.9 Å². The molecule has 0 amide bonds. The van der Waals surface area contributed by atoms with Crippen LogP contribution in [0.2, 0.25) is 0 Å².